The minimum Gasteiger partial charge on any atom is -0.366 e. The predicted octanol–water partition coefficient (Wildman–Crippen LogP) is 5.02. The molecule has 1 N–H and O–H groups in total. The van der Waals surface area contributed by atoms with Gasteiger partial charge in [-0.3, -0.25) is 0 Å². The van der Waals surface area contributed by atoms with E-state index in [9.17, 15) is 0 Å². The highest BCUT2D eigenvalue weighted by Gasteiger charge is 2.38. The highest BCUT2D eigenvalue weighted by molar-refractivity contribution is 5.73. The van der Waals surface area contributed by atoms with Crippen LogP contribution in [0.25, 0.3) is 5.70 Å². The first-order valence-electron chi connectivity index (χ1n) is 9.66. The van der Waals surface area contributed by atoms with Crippen molar-refractivity contribution in [3.05, 3.63) is 54.2 Å². The minimum absolute atomic E-state index is 0.0415. The molecule has 26 heavy (non-hydrogen) atoms. The van der Waals surface area contributed by atoms with Gasteiger partial charge < -0.3 is 10.2 Å². The van der Waals surface area contributed by atoms with Crippen LogP contribution in [0.3, 0.4) is 0 Å². The van der Waals surface area contributed by atoms with Crippen molar-refractivity contribution in [1.29, 1.82) is 0 Å². The average molecular weight is 351 g/mol. The third-order valence-electron chi connectivity index (χ3n) is 6.10. The Kier molecular flexibility index (Phi) is 3.90. The van der Waals surface area contributed by atoms with Crippen LogP contribution in [-0.2, 0) is 5.54 Å². The molecule has 138 valence electrons. The lowest BCUT2D eigenvalue weighted by atomic mass is 9.89. The molecule has 1 saturated heterocycles. The van der Waals surface area contributed by atoms with E-state index in [1.807, 2.05) is 6.20 Å². The van der Waals surface area contributed by atoms with Crippen molar-refractivity contribution in [2.24, 2.45) is 0 Å². The first kappa shape index (κ1) is 17.2. The minimum atomic E-state index is -0.0415. The summed E-state index contributed by atoms with van der Waals surface area (Å²) in [5.41, 5.74) is 3.67. The number of hydrogen-bond donors (Lipinski definition) is 1. The Morgan fingerprint density at radius 3 is 2.54 bits per heavy atom. The molecule has 2 aliphatic rings. The summed E-state index contributed by atoms with van der Waals surface area (Å²) in [7, 11) is 0. The fourth-order valence-corrected chi connectivity index (χ4v) is 4.60. The van der Waals surface area contributed by atoms with Gasteiger partial charge in [0.1, 0.15) is 5.82 Å². The molecule has 0 radical (unpaired) electrons. The Morgan fingerprint density at radius 2 is 1.88 bits per heavy atom. The van der Waals surface area contributed by atoms with Crippen LogP contribution < -0.4 is 5.32 Å². The van der Waals surface area contributed by atoms with Gasteiger partial charge in [-0.15, -0.1) is 0 Å². The van der Waals surface area contributed by atoms with Crippen molar-refractivity contribution in [1.82, 2.24) is 14.7 Å². The second-order valence-electron chi connectivity index (χ2n) is 8.96. The maximum atomic E-state index is 4.74. The molecule has 1 aromatic carbocycles. The van der Waals surface area contributed by atoms with E-state index in [0.29, 0.717) is 0 Å². The van der Waals surface area contributed by atoms with E-state index in [1.54, 1.807) is 0 Å². The lowest BCUT2D eigenvalue weighted by molar-refractivity contribution is 0.261. The monoisotopic (exact) mass is 350 g/mol. The summed E-state index contributed by atoms with van der Waals surface area (Å²) in [6, 6.07) is 11.0. The van der Waals surface area contributed by atoms with Crippen LogP contribution in [0.15, 0.2) is 43.1 Å². The average Bonchev–Trinajstić information content (AvgIpc) is 3.18. The number of rotatable bonds is 3. The molecule has 0 amide bonds. The van der Waals surface area contributed by atoms with Crippen molar-refractivity contribution in [2.45, 2.75) is 64.1 Å². The summed E-state index contributed by atoms with van der Waals surface area (Å²) >= 11 is 0. The van der Waals surface area contributed by atoms with Crippen molar-refractivity contribution >= 4 is 11.5 Å². The van der Waals surface area contributed by atoms with Crippen LogP contribution in [0.2, 0.25) is 0 Å². The number of likely N-dealkylation sites (tertiary alicyclic amines) is 1. The van der Waals surface area contributed by atoms with Crippen molar-refractivity contribution in [3.63, 3.8) is 0 Å². The third-order valence-corrected chi connectivity index (χ3v) is 6.10. The Bertz CT molecular complexity index is 816. The summed E-state index contributed by atoms with van der Waals surface area (Å²) in [6.07, 6.45) is 5.43. The number of aromatic nitrogens is 2. The second-order valence-corrected chi connectivity index (χ2v) is 8.96. The fraction of sp³-hybridized carbons (Fsp3) is 0.500. The Morgan fingerprint density at radius 1 is 1.15 bits per heavy atom. The summed E-state index contributed by atoms with van der Waals surface area (Å²) in [5, 5.41) is 8.51. The molecule has 0 saturated carbocycles. The highest BCUT2D eigenvalue weighted by Crippen LogP contribution is 2.43. The van der Waals surface area contributed by atoms with Crippen LogP contribution in [0.1, 0.15) is 64.1 Å². The fourth-order valence-electron chi connectivity index (χ4n) is 4.60. The van der Waals surface area contributed by atoms with Crippen molar-refractivity contribution in [3.8, 4) is 0 Å². The molecule has 1 fully saturated rings. The van der Waals surface area contributed by atoms with E-state index in [4.69, 9.17) is 5.10 Å². The predicted molar refractivity (Wildman–Crippen MR) is 108 cm³/mol. The molecule has 1 aromatic heterocycles. The molecule has 1 unspecified atom stereocenters. The van der Waals surface area contributed by atoms with Gasteiger partial charge in [-0.05, 0) is 52.5 Å². The van der Waals surface area contributed by atoms with Gasteiger partial charge in [-0.2, -0.15) is 5.10 Å². The molecule has 4 nitrogen and oxygen atoms in total. The van der Waals surface area contributed by atoms with Crippen LogP contribution in [-0.4, -0.2) is 26.8 Å². The maximum absolute atomic E-state index is 4.74. The zero-order valence-corrected chi connectivity index (χ0v) is 16.4. The van der Waals surface area contributed by atoms with Gasteiger partial charge >= 0.3 is 0 Å². The van der Waals surface area contributed by atoms with Crippen molar-refractivity contribution in [2.75, 3.05) is 11.9 Å². The lowest BCUT2D eigenvalue weighted by Crippen LogP contribution is -2.39. The van der Waals surface area contributed by atoms with E-state index >= 15 is 0 Å². The molecule has 1 atom stereocenters. The van der Waals surface area contributed by atoms with E-state index in [2.05, 4.69) is 79.5 Å². The largest absolute Gasteiger partial charge is 0.366 e. The van der Waals surface area contributed by atoms with Gasteiger partial charge in [0.15, 0.2) is 0 Å². The van der Waals surface area contributed by atoms with Gasteiger partial charge in [-0.1, -0.05) is 36.9 Å². The number of nitrogens with zero attached hydrogens (tertiary/aromatic N) is 3. The third kappa shape index (κ3) is 2.72. The highest BCUT2D eigenvalue weighted by atomic mass is 15.4. The quantitative estimate of drug-likeness (QED) is 0.844. The SMILES string of the molecule is C=C(c1cnn2c1NC(c1ccccc1)CC2(C)C)N1CCCC1(C)C. The van der Waals surface area contributed by atoms with Crippen LogP contribution in [0.5, 0.6) is 0 Å². The van der Waals surface area contributed by atoms with E-state index < -0.39 is 0 Å². The normalized spacial score (nSPS) is 23.4. The molecule has 2 aliphatic heterocycles. The first-order chi connectivity index (χ1) is 12.3. The van der Waals surface area contributed by atoms with Crippen LogP contribution >= 0.6 is 0 Å². The molecule has 0 spiro atoms. The molecule has 4 heteroatoms. The van der Waals surface area contributed by atoms with Crippen LogP contribution in [0.4, 0.5) is 5.82 Å². The summed E-state index contributed by atoms with van der Waals surface area (Å²) < 4.78 is 2.15. The zero-order valence-electron chi connectivity index (χ0n) is 16.4. The summed E-state index contributed by atoms with van der Waals surface area (Å²) in [6.45, 7) is 14.7. The number of fused-ring (bicyclic) bond motifs is 1. The molecule has 0 bridgehead atoms. The topological polar surface area (TPSA) is 33.1 Å². The van der Waals surface area contributed by atoms with E-state index in [0.717, 1.165) is 30.0 Å². The molecule has 0 aliphatic carbocycles. The number of anilines is 1. The Balaban J connectivity index is 1.71. The summed E-state index contributed by atoms with van der Waals surface area (Å²) in [4.78, 5) is 2.45. The Labute approximate surface area is 156 Å². The molecule has 2 aromatic rings. The molecule has 4 rings (SSSR count). The number of hydrogen-bond acceptors (Lipinski definition) is 3. The van der Waals surface area contributed by atoms with Gasteiger partial charge in [0.2, 0.25) is 0 Å². The van der Waals surface area contributed by atoms with Gasteiger partial charge in [-0.25, -0.2) is 4.68 Å². The first-order valence-corrected chi connectivity index (χ1v) is 9.66. The van der Waals surface area contributed by atoms with Crippen molar-refractivity contribution < 1.29 is 0 Å². The molecular weight excluding hydrogens is 320 g/mol. The summed E-state index contributed by atoms with van der Waals surface area (Å²) in [5.74, 6) is 1.10. The molecule has 3 heterocycles. The maximum Gasteiger partial charge on any atom is 0.134 e. The lowest BCUT2D eigenvalue weighted by Gasteiger charge is -2.40. The standard InChI is InChI=1S/C22H30N4/c1-16(25-13-9-12-21(25,2)3)18-15-23-26-20(18)24-19(14-22(26,4)5)17-10-7-6-8-11-17/h6-8,10-11,15,19,24H,1,9,12-14H2,2-5H3. The second kappa shape index (κ2) is 5.90. The Hall–Kier alpha value is -2.23. The number of benzene rings is 1. The van der Waals surface area contributed by atoms with E-state index in [-0.39, 0.29) is 17.1 Å². The smallest absolute Gasteiger partial charge is 0.134 e. The van der Waals surface area contributed by atoms with Gasteiger partial charge in [0.05, 0.1) is 23.3 Å². The van der Waals surface area contributed by atoms with Gasteiger partial charge in [0.25, 0.3) is 0 Å². The number of nitrogens with one attached hydrogen (secondary N) is 1. The van der Waals surface area contributed by atoms with Gasteiger partial charge in [0, 0.05) is 17.8 Å². The zero-order chi connectivity index (χ0) is 18.5. The van der Waals surface area contributed by atoms with Crippen LogP contribution in [0, 0.1) is 0 Å². The molecular formula is C22H30N4. The van der Waals surface area contributed by atoms with E-state index in [1.165, 1.54) is 18.4 Å².